The van der Waals surface area contributed by atoms with Gasteiger partial charge in [0.2, 0.25) is 12.7 Å². The first-order valence-electron chi connectivity index (χ1n) is 12.4. The highest BCUT2D eigenvalue weighted by Gasteiger charge is 2.37. The maximum atomic E-state index is 13.6. The van der Waals surface area contributed by atoms with Gasteiger partial charge in [-0.2, -0.15) is 0 Å². The van der Waals surface area contributed by atoms with E-state index >= 15 is 0 Å². The third-order valence-corrected chi connectivity index (χ3v) is 6.68. The first-order chi connectivity index (χ1) is 18.8. The van der Waals surface area contributed by atoms with Crippen molar-refractivity contribution in [3.05, 3.63) is 101 Å². The SMILES string of the molecule is C[C@](NC(=O)CCc1ccc(Cl)cc1)(NC(=O)c1cccc2ccccc12)C(=O)Nc1ccc2c(c1)OCO2. The van der Waals surface area contributed by atoms with E-state index in [0.29, 0.717) is 34.2 Å². The monoisotopic (exact) mass is 543 g/mol. The second-order valence-electron chi connectivity index (χ2n) is 9.30. The van der Waals surface area contributed by atoms with E-state index in [1.807, 2.05) is 42.5 Å². The van der Waals surface area contributed by atoms with Gasteiger partial charge in [-0.15, -0.1) is 0 Å². The zero-order valence-electron chi connectivity index (χ0n) is 21.1. The first kappa shape index (κ1) is 26.1. The number of ether oxygens (including phenoxy) is 2. The van der Waals surface area contributed by atoms with E-state index in [2.05, 4.69) is 16.0 Å². The Bertz CT molecular complexity index is 1550. The Morgan fingerprint density at radius 1 is 0.872 bits per heavy atom. The van der Waals surface area contributed by atoms with Gasteiger partial charge >= 0.3 is 0 Å². The summed E-state index contributed by atoms with van der Waals surface area (Å²) in [5.41, 5.74) is -0.0571. The molecule has 5 rings (SSSR count). The second kappa shape index (κ2) is 11.0. The zero-order chi connectivity index (χ0) is 27.4. The van der Waals surface area contributed by atoms with Gasteiger partial charge in [0, 0.05) is 28.8 Å². The van der Waals surface area contributed by atoms with Crippen molar-refractivity contribution >= 4 is 45.8 Å². The molecule has 39 heavy (non-hydrogen) atoms. The fraction of sp³-hybridized carbons (Fsp3) is 0.167. The maximum absolute atomic E-state index is 13.6. The van der Waals surface area contributed by atoms with Crippen LogP contribution >= 0.6 is 11.6 Å². The van der Waals surface area contributed by atoms with Gasteiger partial charge < -0.3 is 25.4 Å². The average molecular weight is 544 g/mol. The molecule has 1 aliphatic rings. The van der Waals surface area contributed by atoms with E-state index in [4.69, 9.17) is 21.1 Å². The van der Waals surface area contributed by atoms with E-state index in [1.165, 1.54) is 6.92 Å². The molecule has 0 spiro atoms. The summed E-state index contributed by atoms with van der Waals surface area (Å²) < 4.78 is 10.7. The number of hydrogen-bond acceptors (Lipinski definition) is 5. The van der Waals surface area contributed by atoms with Crippen molar-refractivity contribution in [2.75, 3.05) is 12.1 Å². The first-order valence-corrected chi connectivity index (χ1v) is 12.8. The number of amides is 3. The highest BCUT2D eigenvalue weighted by Crippen LogP contribution is 2.34. The van der Waals surface area contributed by atoms with Crippen LogP contribution in [0.5, 0.6) is 11.5 Å². The Hall–Kier alpha value is -4.56. The molecule has 0 bridgehead atoms. The third-order valence-electron chi connectivity index (χ3n) is 6.43. The van der Waals surface area contributed by atoms with Crippen LogP contribution in [0.1, 0.15) is 29.3 Å². The van der Waals surface area contributed by atoms with Gasteiger partial charge in [-0.3, -0.25) is 14.4 Å². The molecule has 0 saturated heterocycles. The molecule has 1 heterocycles. The van der Waals surface area contributed by atoms with Gasteiger partial charge in [0.15, 0.2) is 17.2 Å². The van der Waals surface area contributed by atoms with Crippen LogP contribution in [-0.4, -0.2) is 30.2 Å². The van der Waals surface area contributed by atoms with E-state index in [0.717, 1.165) is 16.3 Å². The summed E-state index contributed by atoms with van der Waals surface area (Å²) in [7, 11) is 0. The van der Waals surface area contributed by atoms with Crippen LogP contribution in [0.4, 0.5) is 5.69 Å². The maximum Gasteiger partial charge on any atom is 0.270 e. The number of nitrogens with one attached hydrogen (secondary N) is 3. The smallest absolute Gasteiger partial charge is 0.270 e. The van der Waals surface area contributed by atoms with Crippen molar-refractivity contribution in [2.45, 2.75) is 25.4 Å². The summed E-state index contributed by atoms with van der Waals surface area (Å²) in [6, 6.07) is 24.9. The number of fused-ring (bicyclic) bond motifs is 2. The van der Waals surface area contributed by atoms with Crippen molar-refractivity contribution in [1.82, 2.24) is 10.6 Å². The second-order valence-corrected chi connectivity index (χ2v) is 9.74. The van der Waals surface area contributed by atoms with Crippen molar-refractivity contribution < 1.29 is 23.9 Å². The molecule has 0 fully saturated rings. The molecule has 0 aromatic heterocycles. The molecule has 0 radical (unpaired) electrons. The van der Waals surface area contributed by atoms with Crippen LogP contribution in [0, 0.1) is 0 Å². The number of anilines is 1. The van der Waals surface area contributed by atoms with Crippen molar-refractivity contribution in [1.29, 1.82) is 0 Å². The largest absolute Gasteiger partial charge is 0.454 e. The summed E-state index contributed by atoms with van der Waals surface area (Å²) in [4.78, 5) is 40.1. The van der Waals surface area contributed by atoms with E-state index in [-0.39, 0.29) is 13.2 Å². The average Bonchev–Trinajstić information content (AvgIpc) is 3.40. The minimum atomic E-state index is -1.78. The number of carbonyl (C=O) groups excluding carboxylic acids is 3. The van der Waals surface area contributed by atoms with Gasteiger partial charge in [-0.25, -0.2) is 0 Å². The summed E-state index contributed by atoms with van der Waals surface area (Å²) >= 11 is 5.95. The number of halogens is 1. The lowest BCUT2D eigenvalue weighted by molar-refractivity contribution is -0.130. The molecule has 0 aliphatic carbocycles. The summed E-state index contributed by atoms with van der Waals surface area (Å²) in [5.74, 6) is -0.494. The molecule has 0 unspecified atom stereocenters. The summed E-state index contributed by atoms with van der Waals surface area (Å²) in [6.07, 6.45) is 0.527. The fourth-order valence-electron chi connectivity index (χ4n) is 4.34. The molecule has 9 heteroatoms. The van der Waals surface area contributed by atoms with Gasteiger partial charge in [0.05, 0.1) is 0 Å². The number of carbonyl (C=O) groups is 3. The van der Waals surface area contributed by atoms with Crippen LogP contribution < -0.4 is 25.4 Å². The van der Waals surface area contributed by atoms with Crippen LogP contribution in [-0.2, 0) is 16.0 Å². The Morgan fingerprint density at radius 3 is 2.44 bits per heavy atom. The predicted octanol–water partition coefficient (Wildman–Crippen LogP) is 5.06. The summed E-state index contributed by atoms with van der Waals surface area (Å²) in [6.45, 7) is 1.55. The van der Waals surface area contributed by atoms with Gasteiger partial charge in [-0.05, 0) is 60.0 Å². The molecule has 3 N–H and O–H groups in total. The van der Waals surface area contributed by atoms with E-state index in [9.17, 15) is 14.4 Å². The minimum Gasteiger partial charge on any atom is -0.454 e. The normalized spacial score (nSPS) is 13.4. The molecule has 1 aliphatic heterocycles. The highest BCUT2D eigenvalue weighted by atomic mass is 35.5. The van der Waals surface area contributed by atoms with Gasteiger partial charge in [0.1, 0.15) is 0 Å². The minimum absolute atomic E-state index is 0.0925. The van der Waals surface area contributed by atoms with Gasteiger partial charge in [0.25, 0.3) is 11.8 Å². The summed E-state index contributed by atoms with van der Waals surface area (Å²) in [5, 5.41) is 10.5. The van der Waals surface area contributed by atoms with Crippen LogP contribution in [0.3, 0.4) is 0 Å². The molecule has 8 nitrogen and oxygen atoms in total. The van der Waals surface area contributed by atoms with Crippen LogP contribution in [0.25, 0.3) is 10.8 Å². The Kier molecular flexibility index (Phi) is 7.38. The number of benzene rings is 4. The molecule has 198 valence electrons. The highest BCUT2D eigenvalue weighted by molar-refractivity contribution is 6.30. The molecule has 1 atom stereocenters. The van der Waals surface area contributed by atoms with Crippen LogP contribution in [0.15, 0.2) is 84.9 Å². The van der Waals surface area contributed by atoms with Crippen molar-refractivity contribution in [2.24, 2.45) is 0 Å². The third kappa shape index (κ3) is 5.97. The number of hydrogen-bond donors (Lipinski definition) is 3. The Balaban J connectivity index is 1.37. The Labute approximate surface area is 230 Å². The fourth-order valence-corrected chi connectivity index (χ4v) is 4.47. The molecular formula is C30H26ClN3O5. The lowest BCUT2D eigenvalue weighted by Gasteiger charge is -2.31. The Morgan fingerprint density at radius 2 is 1.62 bits per heavy atom. The predicted molar refractivity (Wildman–Crippen MR) is 149 cm³/mol. The topological polar surface area (TPSA) is 106 Å². The standard InChI is InChI=1S/C30H26ClN3O5/c1-30(33-27(35)16-11-19-9-12-21(31)13-10-19,29(37)32-22-14-15-25-26(17-22)39-18-38-25)34-28(36)24-8-4-6-20-5-2-3-7-23(20)24/h2-10,12-15,17H,11,16,18H2,1H3,(H,32,37)(H,33,35)(H,34,36)/t30-/m0/s1. The number of rotatable bonds is 8. The lowest BCUT2D eigenvalue weighted by atomic mass is 10.0. The van der Waals surface area contributed by atoms with Crippen molar-refractivity contribution in [3.8, 4) is 11.5 Å². The van der Waals surface area contributed by atoms with Crippen LogP contribution in [0.2, 0.25) is 5.02 Å². The van der Waals surface area contributed by atoms with E-state index in [1.54, 1.807) is 42.5 Å². The number of aryl methyl sites for hydroxylation is 1. The van der Waals surface area contributed by atoms with Gasteiger partial charge in [-0.1, -0.05) is 60.1 Å². The molecule has 3 amide bonds. The quantitative estimate of drug-likeness (QED) is 0.270. The molecule has 4 aromatic rings. The lowest BCUT2D eigenvalue weighted by Crippen LogP contribution is -2.65. The van der Waals surface area contributed by atoms with E-state index < -0.39 is 23.4 Å². The zero-order valence-corrected chi connectivity index (χ0v) is 21.9. The molecular weight excluding hydrogens is 518 g/mol. The molecule has 4 aromatic carbocycles. The van der Waals surface area contributed by atoms with Crippen molar-refractivity contribution in [3.63, 3.8) is 0 Å². The molecule has 0 saturated carbocycles.